The number of para-hydroxylation sites is 1. The molecule has 1 aliphatic rings. The standard InChI is InChI=1S/C21H24ClN3O/c1-14-4-3-5-18-15(12-25(2)20(14)18)6-8-23-11-16-10-17-13-26-9-7-19(17)24-21(16)22/h3-5,10,12,23H,6-9,11,13H2,1-2H3. The number of pyridine rings is 1. The van der Waals surface area contributed by atoms with Crippen molar-refractivity contribution in [1.82, 2.24) is 14.9 Å². The van der Waals surface area contributed by atoms with Crippen LogP contribution < -0.4 is 5.32 Å². The van der Waals surface area contributed by atoms with Crippen molar-refractivity contribution in [1.29, 1.82) is 0 Å². The number of hydrogen-bond acceptors (Lipinski definition) is 3. The van der Waals surface area contributed by atoms with Crippen LogP contribution >= 0.6 is 11.6 Å². The van der Waals surface area contributed by atoms with Crippen molar-refractivity contribution in [3.8, 4) is 0 Å². The van der Waals surface area contributed by atoms with Gasteiger partial charge in [-0.3, -0.25) is 0 Å². The Bertz CT molecular complexity index is 948. The molecule has 0 atom stereocenters. The van der Waals surface area contributed by atoms with Gasteiger partial charge in [0.05, 0.1) is 18.7 Å². The van der Waals surface area contributed by atoms with Crippen LogP contribution in [-0.4, -0.2) is 22.7 Å². The summed E-state index contributed by atoms with van der Waals surface area (Å²) in [7, 11) is 2.12. The number of aryl methyl sites for hydroxylation is 2. The van der Waals surface area contributed by atoms with Gasteiger partial charge in [0.25, 0.3) is 0 Å². The molecular weight excluding hydrogens is 346 g/mol. The second kappa shape index (κ2) is 7.39. The van der Waals surface area contributed by atoms with Crippen molar-refractivity contribution in [2.24, 2.45) is 7.05 Å². The van der Waals surface area contributed by atoms with Crippen LogP contribution in [0.25, 0.3) is 10.9 Å². The molecule has 2 aromatic heterocycles. The minimum absolute atomic E-state index is 0.610. The normalized spacial score (nSPS) is 14.0. The number of nitrogens with zero attached hydrogens (tertiary/aromatic N) is 2. The Hall–Kier alpha value is -1.88. The maximum Gasteiger partial charge on any atom is 0.133 e. The van der Waals surface area contributed by atoms with E-state index in [4.69, 9.17) is 16.3 Å². The summed E-state index contributed by atoms with van der Waals surface area (Å²) in [6.07, 6.45) is 4.08. The van der Waals surface area contributed by atoms with Crippen LogP contribution in [0, 0.1) is 6.92 Å². The van der Waals surface area contributed by atoms with Gasteiger partial charge in [0.2, 0.25) is 0 Å². The molecule has 0 fully saturated rings. The van der Waals surface area contributed by atoms with Crippen molar-refractivity contribution >= 4 is 22.5 Å². The Labute approximate surface area is 159 Å². The Morgan fingerprint density at radius 1 is 1.31 bits per heavy atom. The molecule has 0 saturated carbocycles. The van der Waals surface area contributed by atoms with Crippen LogP contribution in [0.5, 0.6) is 0 Å². The Morgan fingerprint density at radius 3 is 3.08 bits per heavy atom. The summed E-state index contributed by atoms with van der Waals surface area (Å²) in [5, 5.41) is 5.47. The lowest BCUT2D eigenvalue weighted by molar-refractivity contribution is 0.109. The van der Waals surface area contributed by atoms with Gasteiger partial charge in [-0.15, -0.1) is 0 Å². The highest BCUT2D eigenvalue weighted by atomic mass is 35.5. The zero-order chi connectivity index (χ0) is 18.1. The first kappa shape index (κ1) is 17.5. The van der Waals surface area contributed by atoms with Crippen LogP contribution in [0.15, 0.2) is 30.5 Å². The molecule has 4 rings (SSSR count). The number of aromatic nitrogens is 2. The van der Waals surface area contributed by atoms with Gasteiger partial charge >= 0.3 is 0 Å². The highest BCUT2D eigenvalue weighted by molar-refractivity contribution is 6.30. The fraction of sp³-hybridized carbons (Fsp3) is 0.381. The largest absolute Gasteiger partial charge is 0.376 e. The topological polar surface area (TPSA) is 39.1 Å². The average molecular weight is 370 g/mol. The van der Waals surface area contributed by atoms with E-state index < -0.39 is 0 Å². The Kier molecular flexibility index (Phi) is 4.98. The fourth-order valence-electron chi connectivity index (χ4n) is 3.83. The van der Waals surface area contributed by atoms with E-state index in [9.17, 15) is 0 Å². The third-order valence-electron chi connectivity index (χ3n) is 5.13. The Morgan fingerprint density at radius 2 is 2.19 bits per heavy atom. The number of ether oxygens (including phenoxy) is 1. The van der Waals surface area contributed by atoms with Gasteiger partial charge in [0.1, 0.15) is 5.15 Å². The Balaban J connectivity index is 1.41. The summed E-state index contributed by atoms with van der Waals surface area (Å²) in [5.74, 6) is 0. The molecule has 3 heterocycles. The summed E-state index contributed by atoms with van der Waals surface area (Å²) in [5.41, 5.74) is 7.31. The second-order valence-electron chi connectivity index (χ2n) is 7.01. The number of hydrogen-bond donors (Lipinski definition) is 1. The van der Waals surface area contributed by atoms with Gasteiger partial charge in [0.15, 0.2) is 0 Å². The molecule has 0 spiro atoms. The molecular formula is C21H24ClN3O. The van der Waals surface area contributed by atoms with Crippen molar-refractivity contribution in [3.63, 3.8) is 0 Å². The maximum absolute atomic E-state index is 6.36. The minimum atomic E-state index is 0.610. The fourth-order valence-corrected chi connectivity index (χ4v) is 4.05. The monoisotopic (exact) mass is 369 g/mol. The molecule has 4 nitrogen and oxygen atoms in total. The first-order valence-corrected chi connectivity index (χ1v) is 9.50. The van der Waals surface area contributed by atoms with E-state index >= 15 is 0 Å². The van der Waals surface area contributed by atoms with E-state index in [1.54, 1.807) is 0 Å². The quantitative estimate of drug-likeness (QED) is 0.547. The first-order valence-electron chi connectivity index (χ1n) is 9.12. The molecule has 0 unspecified atom stereocenters. The third-order valence-corrected chi connectivity index (χ3v) is 5.46. The number of fused-ring (bicyclic) bond motifs is 2. The lowest BCUT2D eigenvalue weighted by Crippen LogP contribution is -2.19. The van der Waals surface area contributed by atoms with E-state index in [0.717, 1.165) is 43.8 Å². The predicted octanol–water partition coefficient (Wildman–Crippen LogP) is 3.94. The summed E-state index contributed by atoms with van der Waals surface area (Å²) >= 11 is 6.36. The smallest absolute Gasteiger partial charge is 0.133 e. The van der Waals surface area contributed by atoms with Gasteiger partial charge in [-0.25, -0.2) is 4.98 Å². The SMILES string of the molecule is Cc1cccc2c(CCNCc3cc4c(nc3Cl)CCOC4)cn(C)c12. The van der Waals surface area contributed by atoms with Crippen molar-refractivity contribution in [3.05, 3.63) is 63.6 Å². The molecule has 26 heavy (non-hydrogen) atoms. The average Bonchev–Trinajstić information content (AvgIpc) is 2.96. The lowest BCUT2D eigenvalue weighted by Gasteiger charge is -2.17. The van der Waals surface area contributed by atoms with E-state index in [-0.39, 0.29) is 0 Å². The van der Waals surface area contributed by atoms with Gasteiger partial charge in [-0.2, -0.15) is 0 Å². The second-order valence-corrected chi connectivity index (χ2v) is 7.37. The van der Waals surface area contributed by atoms with Gasteiger partial charge in [-0.05, 0) is 42.6 Å². The molecule has 1 aliphatic heterocycles. The van der Waals surface area contributed by atoms with Crippen molar-refractivity contribution in [2.45, 2.75) is 32.9 Å². The van der Waals surface area contributed by atoms with Crippen LogP contribution in [-0.2, 0) is 37.8 Å². The number of benzene rings is 1. The van der Waals surface area contributed by atoms with Crippen LogP contribution in [0.2, 0.25) is 5.15 Å². The van der Waals surface area contributed by atoms with Gasteiger partial charge in [-0.1, -0.05) is 29.8 Å². The summed E-state index contributed by atoms with van der Waals surface area (Å²) in [6, 6.07) is 8.65. The molecule has 5 heteroatoms. The van der Waals surface area contributed by atoms with Crippen molar-refractivity contribution < 1.29 is 4.74 Å². The molecule has 136 valence electrons. The first-order chi connectivity index (χ1) is 12.6. The highest BCUT2D eigenvalue weighted by Crippen LogP contribution is 2.24. The minimum Gasteiger partial charge on any atom is -0.376 e. The number of rotatable bonds is 5. The maximum atomic E-state index is 6.36. The zero-order valence-electron chi connectivity index (χ0n) is 15.3. The van der Waals surface area contributed by atoms with Gasteiger partial charge in [0, 0.05) is 42.9 Å². The molecule has 1 aromatic carbocycles. The summed E-state index contributed by atoms with van der Waals surface area (Å²) in [4.78, 5) is 4.55. The molecule has 0 saturated heterocycles. The van der Waals surface area contributed by atoms with Gasteiger partial charge < -0.3 is 14.6 Å². The third kappa shape index (κ3) is 3.37. The molecule has 0 amide bonds. The highest BCUT2D eigenvalue weighted by Gasteiger charge is 2.14. The summed E-state index contributed by atoms with van der Waals surface area (Å²) < 4.78 is 7.75. The van der Waals surface area contributed by atoms with Crippen LogP contribution in [0.1, 0.15) is 27.9 Å². The molecule has 0 aliphatic carbocycles. The van der Waals surface area contributed by atoms with Crippen LogP contribution in [0.3, 0.4) is 0 Å². The van der Waals surface area contributed by atoms with E-state index in [0.29, 0.717) is 11.8 Å². The lowest BCUT2D eigenvalue weighted by atomic mass is 10.1. The number of halogens is 1. The number of nitrogens with one attached hydrogen (secondary N) is 1. The van der Waals surface area contributed by atoms with Crippen molar-refractivity contribution in [2.75, 3.05) is 13.2 Å². The van der Waals surface area contributed by atoms with E-state index in [2.05, 4.69) is 59.3 Å². The molecule has 0 bridgehead atoms. The van der Waals surface area contributed by atoms with E-state index in [1.165, 1.54) is 27.6 Å². The summed E-state index contributed by atoms with van der Waals surface area (Å²) in [6.45, 7) is 5.17. The molecule has 3 aromatic rings. The zero-order valence-corrected chi connectivity index (χ0v) is 16.1. The molecule has 0 radical (unpaired) electrons. The predicted molar refractivity (Wildman–Crippen MR) is 106 cm³/mol. The van der Waals surface area contributed by atoms with Crippen LogP contribution in [0.4, 0.5) is 0 Å². The molecule has 1 N–H and O–H groups in total. The van der Waals surface area contributed by atoms with E-state index in [1.807, 2.05) is 0 Å².